The number of rotatable bonds is 1. The molecule has 3 nitrogen and oxygen atoms in total. The molecule has 92 valence electrons. The summed E-state index contributed by atoms with van der Waals surface area (Å²) in [5.74, 6) is 0. The Morgan fingerprint density at radius 2 is 2.00 bits per heavy atom. The molecule has 0 aliphatic carbocycles. The van der Waals surface area contributed by atoms with Crippen LogP contribution in [0.1, 0.15) is 16.8 Å². The van der Waals surface area contributed by atoms with Crippen molar-refractivity contribution in [2.45, 2.75) is 13.8 Å². The zero-order chi connectivity index (χ0) is 13.4. The molecule has 0 bridgehead atoms. The van der Waals surface area contributed by atoms with E-state index in [0.29, 0.717) is 5.69 Å². The number of hydrogen-bond donors (Lipinski definition) is 0. The highest BCUT2D eigenvalue weighted by atomic mass is 15.0. The summed E-state index contributed by atoms with van der Waals surface area (Å²) in [6.07, 6.45) is 1.87. The summed E-state index contributed by atoms with van der Waals surface area (Å²) in [7, 11) is 0. The smallest absolute Gasteiger partial charge is 0.152 e. The number of benzene rings is 1. The predicted octanol–water partition coefficient (Wildman–Crippen LogP) is 3.49. The van der Waals surface area contributed by atoms with E-state index in [4.69, 9.17) is 0 Å². The summed E-state index contributed by atoms with van der Waals surface area (Å²) in [5, 5.41) is 9.40. The van der Waals surface area contributed by atoms with Crippen LogP contribution in [0.5, 0.6) is 0 Å². The van der Waals surface area contributed by atoms with Gasteiger partial charge in [0.1, 0.15) is 17.4 Å². The van der Waals surface area contributed by atoms with E-state index in [0.717, 1.165) is 22.5 Å². The lowest BCUT2D eigenvalue weighted by molar-refractivity contribution is 1.15. The van der Waals surface area contributed by atoms with Crippen molar-refractivity contribution in [1.29, 1.82) is 5.26 Å². The Bertz CT molecular complexity index is 806. The van der Waals surface area contributed by atoms with Gasteiger partial charge in [-0.2, -0.15) is 5.26 Å². The molecule has 0 amide bonds. The Hall–Kier alpha value is -2.60. The van der Waals surface area contributed by atoms with Gasteiger partial charge in [0.2, 0.25) is 0 Å². The van der Waals surface area contributed by atoms with Crippen LogP contribution in [0.3, 0.4) is 0 Å². The number of nitrogens with zero attached hydrogens (tertiary/aromatic N) is 3. The van der Waals surface area contributed by atoms with Gasteiger partial charge in [-0.3, -0.25) is 4.40 Å². The number of imidazole rings is 1. The first kappa shape index (κ1) is 11.5. The van der Waals surface area contributed by atoms with Crippen molar-refractivity contribution in [1.82, 2.24) is 9.38 Å². The molecule has 0 aliphatic rings. The van der Waals surface area contributed by atoms with Crippen LogP contribution < -0.4 is 0 Å². The second-order valence-electron chi connectivity index (χ2n) is 4.67. The molecule has 0 saturated heterocycles. The summed E-state index contributed by atoms with van der Waals surface area (Å²) in [6.45, 7) is 4.11. The molecule has 3 aromatic rings. The largest absolute Gasteiger partial charge is 0.291 e. The molecule has 0 unspecified atom stereocenters. The summed E-state index contributed by atoms with van der Waals surface area (Å²) >= 11 is 0. The maximum absolute atomic E-state index is 9.40. The maximum Gasteiger partial charge on any atom is 0.152 e. The Balaban J connectivity index is 2.34. The van der Waals surface area contributed by atoms with E-state index in [9.17, 15) is 5.26 Å². The summed E-state index contributed by atoms with van der Waals surface area (Å²) in [4.78, 5) is 4.58. The highest BCUT2D eigenvalue weighted by Gasteiger charge is 2.14. The van der Waals surface area contributed by atoms with Crippen molar-refractivity contribution >= 4 is 5.65 Å². The first-order chi connectivity index (χ1) is 9.20. The van der Waals surface area contributed by atoms with Gasteiger partial charge in [0.25, 0.3) is 0 Å². The van der Waals surface area contributed by atoms with Gasteiger partial charge in [-0.05, 0) is 31.5 Å². The SMILES string of the molecule is Cc1ccc(-c2nc3ccccn3c2C#N)c(C)c1. The van der Waals surface area contributed by atoms with Gasteiger partial charge in [0, 0.05) is 11.8 Å². The van der Waals surface area contributed by atoms with Gasteiger partial charge < -0.3 is 0 Å². The van der Waals surface area contributed by atoms with Crippen molar-refractivity contribution in [2.24, 2.45) is 0 Å². The fourth-order valence-electron chi connectivity index (χ4n) is 2.37. The van der Waals surface area contributed by atoms with Crippen molar-refractivity contribution < 1.29 is 0 Å². The Morgan fingerprint density at radius 1 is 1.16 bits per heavy atom. The molecule has 3 rings (SSSR count). The first-order valence-corrected chi connectivity index (χ1v) is 6.15. The summed E-state index contributed by atoms with van der Waals surface area (Å²) in [5.41, 5.74) is 5.51. The van der Waals surface area contributed by atoms with Crippen LogP contribution in [-0.4, -0.2) is 9.38 Å². The fraction of sp³-hybridized carbons (Fsp3) is 0.125. The number of aryl methyl sites for hydroxylation is 2. The third kappa shape index (κ3) is 1.78. The minimum absolute atomic E-state index is 0.586. The van der Waals surface area contributed by atoms with Crippen LogP contribution in [0, 0.1) is 25.2 Å². The van der Waals surface area contributed by atoms with Crippen LogP contribution in [0.15, 0.2) is 42.6 Å². The lowest BCUT2D eigenvalue weighted by atomic mass is 10.0. The number of nitriles is 1. The van der Waals surface area contributed by atoms with Crippen LogP contribution in [-0.2, 0) is 0 Å². The molecule has 3 heteroatoms. The average Bonchev–Trinajstić information content (AvgIpc) is 2.76. The van der Waals surface area contributed by atoms with Crippen molar-refractivity contribution in [3.8, 4) is 17.3 Å². The quantitative estimate of drug-likeness (QED) is 0.660. The van der Waals surface area contributed by atoms with Crippen molar-refractivity contribution in [2.75, 3.05) is 0 Å². The third-order valence-corrected chi connectivity index (χ3v) is 3.27. The van der Waals surface area contributed by atoms with Crippen LogP contribution in [0.2, 0.25) is 0 Å². The average molecular weight is 247 g/mol. The maximum atomic E-state index is 9.40. The summed E-state index contributed by atoms with van der Waals surface area (Å²) < 4.78 is 1.83. The Labute approximate surface area is 111 Å². The van der Waals surface area contributed by atoms with Gasteiger partial charge in [-0.1, -0.05) is 29.8 Å². The second kappa shape index (κ2) is 4.25. The molecule has 2 heterocycles. The van der Waals surface area contributed by atoms with Gasteiger partial charge in [-0.25, -0.2) is 4.98 Å². The van der Waals surface area contributed by atoms with E-state index < -0.39 is 0 Å². The van der Waals surface area contributed by atoms with Crippen LogP contribution in [0.4, 0.5) is 0 Å². The second-order valence-corrected chi connectivity index (χ2v) is 4.67. The van der Waals surface area contributed by atoms with Crippen LogP contribution in [0.25, 0.3) is 16.9 Å². The molecule has 0 spiro atoms. The minimum Gasteiger partial charge on any atom is -0.291 e. The molecule has 0 radical (unpaired) electrons. The Morgan fingerprint density at radius 3 is 2.74 bits per heavy atom. The number of pyridine rings is 1. The molecular formula is C16H13N3. The van der Waals surface area contributed by atoms with Gasteiger partial charge in [0.05, 0.1) is 0 Å². The summed E-state index contributed by atoms with van der Waals surface area (Å²) in [6, 6.07) is 14.2. The number of aromatic nitrogens is 2. The molecule has 0 fully saturated rings. The molecule has 0 N–H and O–H groups in total. The van der Waals surface area contributed by atoms with Crippen LogP contribution >= 0.6 is 0 Å². The van der Waals surface area contributed by atoms with Crippen molar-refractivity contribution in [3.63, 3.8) is 0 Å². The van der Waals surface area contributed by atoms with E-state index in [1.165, 1.54) is 5.56 Å². The Kier molecular flexibility index (Phi) is 2.57. The van der Waals surface area contributed by atoms with Crippen molar-refractivity contribution in [3.05, 3.63) is 59.4 Å². The molecule has 0 saturated carbocycles. The van der Waals surface area contributed by atoms with E-state index in [-0.39, 0.29) is 0 Å². The number of hydrogen-bond acceptors (Lipinski definition) is 2. The van der Waals surface area contributed by atoms with Gasteiger partial charge >= 0.3 is 0 Å². The highest BCUT2D eigenvalue weighted by molar-refractivity contribution is 5.72. The topological polar surface area (TPSA) is 41.1 Å². The lowest BCUT2D eigenvalue weighted by Gasteiger charge is -2.04. The molecule has 2 aromatic heterocycles. The van der Waals surface area contributed by atoms with E-state index >= 15 is 0 Å². The zero-order valence-electron chi connectivity index (χ0n) is 10.9. The number of fused-ring (bicyclic) bond motifs is 1. The fourth-order valence-corrected chi connectivity index (χ4v) is 2.37. The standard InChI is InChI=1S/C16H13N3/c1-11-6-7-13(12(2)9-11)16-14(10-17)19-8-4-3-5-15(19)18-16/h3-9H,1-2H3. The first-order valence-electron chi connectivity index (χ1n) is 6.15. The van der Waals surface area contributed by atoms with E-state index in [1.807, 2.05) is 47.9 Å². The molecular weight excluding hydrogens is 234 g/mol. The molecule has 1 aromatic carbocycles. The van der Waals surface area contributed by atoms with E-state index in [1.54, 1.807) is 0 Å². The molecule has 0 aliphatic heterocycles. The van der Waals surface area contributed by atoms with Gasteiger partial charge in [-0.15, -0.1) is 0 Å². The van der Waals surface area contributed by atoms with E-state index in [2.05, 4.69) is 24.0 Å². The highest BCUT2D eigenvalue weighted by Crippen LogP contribution is 2.27. The predicted molar refractivity (Wildman–Crippen MR) is 74.8 cm³/mol. The molecule has 19 heavy (non-hydrogen) atoms. The lowest BCUT2D eigenvalue weighted by Crippen LogP contribution is -1.90. The minimum atomic E-state index is 0.586. The normalized spacial score (nSPS) is 10.6. The van der Waals surface area contributed by atoms with Gasteiger partial charge in [0.15, 0.2) is 5.69 Å². The third-order valence-electron chi connectivity index (χ3n) is 3.27. The zero-order valence-corrected chi connectivity index (χ0v) is 10.9. The molecule has 0 atom stereocenters. The monoisotopic (exact) mass is 247 g/mol.